The zero-order chi connectivity index (χ0) is 17.3. The largest absolute Gasteiger partial charge is 0.444 e. The molecule has 0 saturated carbocycles. The smallest absolute Gasteiger partial charge is 0.410 e. The molecule has 1 aromatic heterocycles. The SMILES string of the molecule is CCn1ccnc1CNCCN(CCOC)C(=O)OC(C)(C)C. The Bertz CT molecular complexity index is 468. The Morgan fingerprint density at radius 2 is 2.13 bits per heavy atom. The van der Waals surface area contributed by atoms with Gasteiger partial charge in [0.05, 0.1) is 13.2 Å². The molecule has 7 heteroatoms. The fraction of sp³-hybridized carbons (Fsp3) is 0.750. The van der Waals surface area contributed by atoms with Crippen LogP contribution in [0.2, 0.25) is 0 Å². The van der Waals surface area contributed by atoms with Gasteiger partial charge in [-0.2, -0.15) is 0 Å². The van der Waals surface area contributed by atoms with Crippen LogP contribution in [0.15, 0.2) is 12.4 Å². The zero-order valence-electron chi connectivity index (χ0n) is 15.0. The molecule has 1 rings (SSSR count). The lowest BCUT2D eigenvalue weighted by Crippen LogP contribution is -2.42. The van der Waals surface area contributed by atoms with E-state index in [0.29, 0.717) is 32.8 Å². The van der Waals surface area contributed by atoms with Crippen LogP contribution in [0.3, 0.4) is 0 Å². The summed E-state index contributed by atoms with van der Waals surface area (Å²) < 4.78 is 12.6. The third-order valence-corrected chi connectivity index (χ3v) is 3.20. The van der Waals surface area contributed by atoms with Gasteiger partial charge in [0.1, 0.15) is 11.4 Å². The number of imidazole rings is 1. The first-order valence-electron chi connectivity index (χ1n) is 8.05. The van der Waals surface area contributed by atoms with Crippen LogP contribution in [-0.2, 0) is 22.6 Å². The Kier molecular flexibility index (Phi) is 8.05. The first-order valence-corrected chi connectivity index (χ1v) is 8.05. The summed E-state index contributed by atoms with van der Waals surface area (Å²) >= 11 is 0. The van der Waals surface area contributed by atoms with Crippen molar-refractivity contribution in [2.75, 3.05) is 33.4 Å². The number of nitrogens with zero attached hydrogens (tertiary/aromatic N) is 3. The first-order chi connectivity index (χ1) is 10.9. The predicted octanol–water partition coefficient (Wildman–Crippen LogP) is 1.88. The van der Waals surface area contributed by atoms with E-state index in [1.54, 1.807) is 18.2 Å². The summed E-state index contributed by atoms with van der Waals surface area (Å²) in [5.74, 6) is 0.994. The lowest BCUT2D eigenvalue weighted by molar-refractivity contribution is 0.0204. The molecule has 23 heavy (non-hydrogen) atoms. The van der Waals surface area contributed by atoms with Crippen molar-refractivity contribution in [3.05, 3.63) is 18.2 Å². The summed E-state index contributed by atoms with van der Waals surface area (Å²) in [6, 6.07) is 0. The number of ether oxygens (including phenoxy) is 2. The molecule has 0 aliphatic heterocycles. The second kappa shape index (κ2) is 9.52. The van der Waals surface area contributed by atoms with Crippen molar-refractivity contribution in [3.8, 4) is 0 Å². The van der Waals surface area contributed by atoms with E-state index >= 15 is 0 Å². The minimum absolute atomic E-state index is 0.314. The van der Waals surface area contributed by atoms with Crippen LogP contribution in [-0.4, -0.2) is 59.5 Å². The van der Waals surface area contributed by atoms with E-state index in [9.17, 15) is 4.79 Å². The van der Waals surface area contributed by atoms with E-state index in [4.69, 9.17) is 9.47 Å². The second-order valence-corrected chi connectivity index (χ2v) is 6.27. The molecule has 0 radical (unpaired) electrons. The van der Waals surface area contributed by atoms with E-state index < -0.39 is 5.60 Å². The third-order valence-electron chi connectivity index (χ3n) is 3.20. The molecule has 0 aliphatic carbocycles. The molecular weight excluding hydrogens is 296 g/mol. The van der Waals surface area contributed by atoms with E-state index in [-0.39, 0.29) is 6.09 Å². The number of hydrogen-bond acceptors (Lipinski definition) is 5. The quantitative estimate of drug-likeness (QED) is 0.702. The van der Waals surface area contributed by atoms with Gasteiger partial charge in [-0.3, -0.25) is 0 Å². The highest BCUT2D eigenvalue weighted by Gasteiger charge is 2.21. The average molecular weight is 326 g/mol. The van der Waals surface area contributed by atoms with Gasteiger partial charge in [0, 0.05) is 45.7 Å². The highest BCUT2D eigenvalue weighted by Crippen LogP contribution is 2.09. The average Bonchev–Trinajstić information content (AvgIpc) is 2.92. The highest BCUT2D eigenvalue weighted by atomic mass is 16.6. The van der Waals surface area contributed by atoms with Crippen molar-refractivity contribution in [1.29, 1.82) is 0 Å². The minimum Gasteiger partial charge on any atom is -0.444 e. The van der Waals surface area contributed by atoms with Crippen LogP contribution in [0.5, 0.6) is 0 Å². The van der Waals surface area contributed by atoms with E-state index in [0.717, 1.165) is 12.4 Å². The maximum Gasteiger partial charge on any atom is 0.410 e. The van der Waals surface area contributed by atoms with Gasteiger partial charge in [-0.1, -0.05) is 0 Å². The molecule has 1 aromatic rings. The molecule has 0 aliphatic rings. The number of carbonyl (C=O) groups is 1. The third kappa shape index (κ3) is 7.47. The fourth-order valence-electron chi connectivity index (χ4n) is 2.03. The summed E-state index contributed by atoms with van der Waals surface area (Å²) in [7, 11) is 1.62. The zero-order valence-corrected chi connectivity index (χ0v) is 15.0. The highest BCUT2D eigenvalue weighted by molar-refractivity contribution is 5.68. The lowest BCUT2D eigenvalue weighted by Gasteiger charge is -2.27. The molecule has 0 unspecified atom stereocenters. The van der Waals surface area contributed by atoms with Crippen molar-refractivity contribution >= 4 is 6.09 Å². The van der Waals surface area contributed by atoms with E-state index in [2.05, 4.69) is 21.8 Å². The first kappa shape index (κ1) is 19.4. The van der Waals surface area contributed by atoms with Gasteiger partial charge >= 0.3 is 6.09 Å². The summed E-state index contributed by atoms with van der Waals surface area (Å²) in [4.78, 5) is 18.2. The van der Waals surface area contributed by atoms with Gasteiger partial charge in [-0.05, 0) is 27.7 Å². The normalized spacial score (nSPS) is 11.5. The second-order valence-electron chi connectivity index (χ2n) is 6.27. The number of methoxy groups -OCH3 is 1. The van der Waals surface area contributed by atoms with Gasteiger partial charge in [0.2, 0.25) is 0 Å². The Morgan fingerprint density at radius 3 is 2.74 bits per heavy atom. The molecular formula is C16H30N4O3. The molecule has 0 fully saturated rings. The van der Waals surface area contributed by atoms with Gasteiger partial charge in [0.15, 0.2) is 0 Å². The number of amides is 1. The molecule has 1 N–H and O–H groups in total. The van der Waals surface area contributed by atoms with Crippen LogP contribution in [0.25, 0.3) is 0 Å². The Balaban J connectivity index is 2.43. The van der Waals surface area contributed by atoms with Crippen LogP contribution in [0.4, 0.5) is 4.79 Å². The van der Waals surface area contributed by atoms with Gasteiger partial charge in [-0.15, -0.1) is 0 Å². The van der Waals surface area contributed by atoms with Crippen LogP contribution in [0.1, 0.15) is 33.5 Å². The molecule has 0 aromatic carbocycles. The molecule has 0 saturated heterocycles. The molecule has 0 spiro atoms. The topological polar surface area (TPSA) is 68.6 Å². The predicted molar refractivity (Wildman–Crippen MR) is 89.3 cm³/mol. The Morgan fingerprint density at radius 1 is 1.39 bits per heavy atom. The van der Waals surface area contributed by atoms with Crippen LogP contribution in [0, 0.1) is 0 Å². The minimum atomic E-state index is -0.498. The fourth-order valence-corrected chi connectivity index (χ4v) is 2.03. The Hall–Kier alpha value is -1.60. The van der Waals surface area contributed by atoms with Crippen molar-refractivity contribution < 1.29 is 14.3 Å². The van der Waals surface area contributed by atoms with Crippen molar-refractivity contribution in [3.63, 3.8) is 0 Å². The summed E-state index contributed by atoms with van der Waals surface area (Å²) in [5.41, 5.74) is -0.498. The van der Waals surface area contributed by atoms with Gasteiger partial charge in [0.25, 0.3) is 0 Å². The molecule has 132 valence electrons. The molecule has 1 amide bonds. The molecule has 7 nitrogen and oxygen atoms in total. The molecule has 0 bridgehead atoms. The summed E-state index contributed by atoms with van der Waals surface area (Å²) in [5, 5.41) is 3.31. The summed E-state index contributed by atoms with van der Waals surface area (Å²) in [6.45, 7) is 11.5. The summed E-state index contributed by atoms with van der Waals surface area (Å²) in [6.07, 6.45) is 3.45. The Labute approximate surface area is 139 Å². The van der Waals surface area contributed by atoms with Crippen LogP contribution < -0.4 is 5.32 Å². The molecule has 0 atom stereocenters. The number of hydrogen-bond donors (Lipinski definition) is 1. The maximum atomic E-state index is 12.2. The molecule has 1 heterocycles. The van der Waals surface area contributed by atoms with Crippen molar-refractivity contribution in [2.45, 2.75) is 46.4 Å². The number of rotatable bonds is 9. The van der Waals surface area contributed by atoms with E-state index in [1.807, 2.05) is 27.0 Å². The number of nitrogens with one attached hydrogen (secondary N) is 1. The lowest BCUT2D eigenvalue weighted by atomic mass is 10.2. The maximum absolute atomic E-state index is 12.2. The monoisotopic (exact) mass is 326 g/mol. The van der Waals surface area contributed by atoms with Gasteiger partial charge in [-0.25, -0.2) is 9.78 Å². The standard InChI is InChI=1S/C16H30N4O3/c1-6-19-10-8-18-14(19)13-17-7-9-20(11-12-22-5)15(21)23-16(2,3)4/h8,10,17H,6-7,9,11-13H2,1-5H3. The van der Waals surface area contributed by atoms with E-state index in [1.165, 1.54) is 0 Å². The van der Waals surface area contributed by atoms with Gasteiger partial charge < -0.3 is 24.3 Å². The van der Waals surface area contributed by atoms with Crippen LogP contribution >= 0.6 is 0 Å². The van der Waals surface area contributed by atoms with Crippen molar-refractivity contribution in [2.24, 2.45) is 0 Å². The number of carbonyl (C=O) groups excluding carboxylic acids is 1. The number of aryl methyl sites for hydroxylation is 1. The van der Waals surface area contributed by atoms with Crippen molar-refractivity contribution in [1.82, 2.24) is 19.8 Å². The number of aromatic nitrogens is 2.